The number of hydrogen-bond donors (Lipinski definition) is 1. The molecule has 23 heavy (non-hydrogen) atoms. The van der Waals surface area contributed by atoms with E-state index in [4.69, 9.17) is 32.7 Å². The van der Waals surface area contributed by atoms with Crippen molar-refractivity contribution < 1.29 is 14.3 Å². The Kier molecular flexibility index (Phi) is 5.90. The van der Waals surface area contributed by atoms with Crippen LogP contribution in [0.4, 0.5) is 5.69 Å². The number of amides is 1. The van der Waals surface area contributed by atoms with E-state index >= 15 is 0 Å². The first-order valence-corrected chi connectivity index (χ1v) is 7.45. The van der Waals surface area contributed by atoms with Crippen LogP contribution in [-0.4, -0.2) is 20.1 Å². The highest BCUT2D eigenvalue weighted by atomic mass is 35.5. The zero-order valence-electron chi connectivity index (χ0n) is 12.6. The smallest absolute Gasteiger partial charge is 0.248 e. The fraction of sp³-hybridized carbons (Fsp3) is 0.118. The average Bonchev–Trinajstić information content (AvgIpc) is 2.51. The molecule has 0 unspecified atom stereocenters. The van der Waals surface area contributed by atoms with Crippen LogP contribution in [0.15, 0.2) is 42.5 Å². The van der Waals surface area contributed by atoms with Gasteiger partial charge in [0, 0.05) is 21.8 Å². The molecule has 0 heterocycles. The number of methoxy groups -OCH3 is 2. The lowest BCUT2D eigenvalue weighted by molar-refractivity contribution is -0.111. The lowest BCUT2D eigenvalue weighted by Gasteiger charge is -2.09. The van der Waals surface area contributed by atoms with E-state index in [1.165, 1.54) is 6.08 Å². The molecule has 0 radical (unpaired) electrons. The molecule has 0 saturated heterocycles. The number of benzene rings is 2. The number of carbonyl (C=O) groups is 1. The van der Waals surface area contributed by atoms with E-state index in [2.05, 4.69) is 5.32 Å². The van der Waals surface area contributed by atoms with E-state index in [1.807, 2.05) is 6.07 Å². The summed E-state index contributed by atoms with van der Waals surface area (Å²) in [6.07, 6.45) is 3.01. The summed E-state index contributed by atoms with van der Waals surface area (Å²) in [6.45, 7) is 0. The number of nitrogens with one attached hydrogen (secondary N) is 1. The Hall–Kier alpha value is -2.17. The standard InChI is InChI=1S/C17H15Cl2NO3/c1-22-15-4-3-5-16(23-2)14(15)6-7-17(21)20-13-9-11(18)8-12(19)10-13/h3-10H,1-2H3,(H,20,21)/b7-6+. The molecule has 0 spiro atoms. The third-order valence-electron chi connectivity index (χ3n) is 3.00. The van der Waals surface area contributed by atoms with E-state index in [-0.39, 0.29) is 5.91 Å². The zero-order valence-corrected chi connectivity index (χ0v) is 14.1. The summed E-state index contributed by atoms with van der Waals surface area (Å²) in [4.78, 5) is 12.0. The minimum Gasteiger partial charge on any atom is -0.496 e. The van der Waals surface area contributed by atoms with Crippen LogP contribution < -0.4 is 14.8 Å². The summed E-state index contributed by atoms with van der Waals surface area (Å²) in [5.74, 6) is 0.898. The second-order valence-electron chi connectivity index (χ2n) is 4.56. The molecular weight excluding hydrogens is 337 g/mol. The Morgan fingerprint density at radius 1 is 1.04 bits per heavy atom. The zero-order chi connectivity index (χ0) is 16.8. The summed E-state index contributed by atoms with van der Waals surface area (Å²) in [6, 6.07) is 10.2. The topological polar surface area (TPSA) is 47.6 Å². The highest BCUT2D eigenvalue weighted by Crippen LogP contribution is 2.29. The highest BCUT2D eigenvalue weighted by molar-refractivity contribution is 6.35. The molecule has 0 bridgehead atoms. The van der Waals surface area contributed by atoms with E-state index in [1.54, 1.807) is 50.6 Å². The van der Waals surface area contributed by atoms with Crippen molar-refractivity contribution in [2.75, 3.05) is 19.5 Å². The molecule has 2 aromatic carbocycles. The molecule has 0 aliphatic rings. The van der Waals surface area contributed by atoms with E-state index in [0.29, 0.717) is 32.8 Å². The van der Waals surface area contributed by atoms with Crippen molar-refractivity contribution in [1.29, 1.82) is 0 Å². The summed E-state index contributed by atoms with van der Waals surface area (Å²) in [5.41, 5.74) is 1.20. The van der Waals surface area contributed by atoms with Crippen LogP contribution in [0.25, 0.3) is 6.08 Å². The highest BCUT2D eigenvalue weighted by Gasteiger charge is 2.07. The fourth-order valence-electron chi connectivity index (χ4n) is 2.01. The van der Waals surface area contributed by atoms with Crippen LogP contribution >= 0.6 is 23.2 Å². The molecule has 2 aromatic rings. The maximum atomic E-state index is 12.0. The molecule has 120 valence electrons. The molecule has 0 aromatic heterocycles. The summed E-state index contributed by atoms with van der Waals surface area (Å²) in [5, 5.41) is 3.59. The normalized spacial score (nSPS) is 10.6. The Balaban J connectivity index is 2.18. The molecule has 0 aliphatic carbocycles. The van der Waals surface area contributed by atoms with Crippen LogP contribution in [-0.2, 0) is 4.79 Å². The van der Waals surface area contributed by atoms with Crippen molar-refractivity contribution in [3.8, 4) is 11.5 Å². The average molecular weight is 352 g/mol. The van der Waals surface area contributed by atoms with Gasteiger partial charge in [0.05, 0.1) is 19.8 Å². The minimum absolute atomic E-state index is 0.323. The third-order valence-corrected chi connectivity index (χ3v) is 3.43. The fourth-order valence-corrected chi connectivity index (χ4v) is 2.54. The first kappa shape index (κ1) is 17.2. The van der Waals surface area contributed by atoms with Gasteiger partial charge in [-0.05, 0) is 36.4 Å². The van der Waals surface area contributed by atoms with Crippen molar-refractivity contribution in [3.05, 3.63) is 58.1 Å². The van der Waals surface area contributed by atoms with Gasteiger partial charge in [-0.15, -0.1) is 0 Å². The van der Waals surface area contributed by atoms with Crippen molar-refractivity contribution in [2.45, 2.75) is 0 Å². The van der Waals surface area contributed by atoms with Crippen LogP contribution in [0.5, 0.6) is 11.5 Å². The third kappa shape index (κ3) is 4.65. The SMILES string of the molecule is COc1cccc(OC)c1/C=C/C(=O)Nc1cc(Cl)cc(Cl)c1. The summed E-state index contributed by atoms with van der Waals surface area (Å²) in [7, 11) is 3.11. The van der Waals surface area contributed by atoms with Crippen molar-refractivity contribution in [2.24, 2.45) is 0 Å². The van der Waals surface area contributed by atoms with Gasteiger partial charge in [0.15, 0.2) is 0 Å². The van der Waals surface area contributed by atoms with Gasteiger partial charge in [0.25, 0.3) is 0 Å². The van der Waals surface area contributed by atoms with Gasteiger partial charge in [-0.1, -0.05) is 29.3 Å². The molecule has 0 atom stereocenters. The molecular formula is C17H15Cl2NO3. The maximum absolute atomic E-state index is 12.0. The van der Waals surface area contributed by atoms with Gasteiger partial charge in [0.2, 0.25) is 5.91 Å². The Bertz CT molecular complexity index is 702. The molecule has 0 saturated carbocycles. The number of anilines is 1. The van der Waals surface area contributed by atoms with Crippen molar-refractivity contribution in [1.82, 2.24) is 0 Å². The van der Waals surface area contributed by atoms with Gasteiger partial charge in [-0.2, -0.15) is 0 Å². The number of carbonyl (C=O) groups excluding carboxylic acids is 1. The predicted octanol–water partition coefficient (Wildman–Crippen LogP) is 4.66. The molecule has 2 rings (SSSR count). The first-order chi connectivity index (χ1) is 11.0. The number of halogens is 2. The minimum atomic E-state index is -0.323. The van der Waals surface area contributed by atoms with E-state index in [0.717, 1.165) is 0 Å². The number of hydrogen-bond acceptors (Lipinski definition) is 3. The van der Waals surface area contributed by atoms with Gasteiger partial charge < -0.3 is 14.8 Å². The Morgan fingerprint density at radius 3 is 2.13 bits per heavy atom. The van der Waals surface area contributed by atoms with Crippen molar-refractivity contribution in [3.63, 3.8) is 0 Å². The molecule has 1 amide bonds. The van der Waals surface area contributed by atoms with Crippen LogP contribution in [0.1, 0.15) is 5.56 Å². The van der Waals surface area contributed by atoms with Crippen LogP contribution in [0.2, 0.25) is 10.0 Å². The molecule has 0 fully saturated rings. The van der Waals surface area contributed by atoms with E-state index < -0.39 is 0 Å². The molecule has 1 N–H and O–H groups in total. The predicted molar refractivity (Wildman–Crippen MR) is 93.7 cm³/mol. The summed E-state index contributed by atoms with van der Waals surface area (Å²) < 4.78 is 10.5. The largest absolute Gasteiger partial charge is 0.496 e. The molecule has 4 nitrogen and oxygen atoms in total. The second kappa shape index (κ2) is 7.90. The number of ether oxygens (including phenoxy) is 2. The Morgan fingerprint density at radius 2 is 1.61 bits per heavy atom. The summed E-state index contributed by atoms with van der Waals surface area (Å²) >= 11 is 11.8. The quantitative estimate of drug-likeness (QED) is 0.796. The first-order valence-electron chi connectivity index (χ1n) is 6.69. The van der Waals surface area contributed by atoms with E-state index in [9.17, 15) is 4.79 Å². The van der Waals surface area contributed by atoms with Crippen LogP contribution in [0.3, 0.4) is 0 Å². The lowest BCUT2D eigenvalue weighted by atomic mass is 10.1. The maximum Gasteiger partial charge on any atom is 0.248 e. The van der Waals surface area contributed by atoms with Gasteiger partial charge in [0.1, 0.15) is 11.5 Å². The monoisotopic (exact) mass is 351 g/mol. The van der Waals surface area contributed by atoms with Gasteiger partial charge >= 0.3 is 0 Å². The molecule has 0 aliphatic heterocycles. The van der Waals surface area contributed by atoms with Crippen LogP contribution in [0, 0.1) is 0 Å². The van der Waals surface area contributed by atoms with Gasteiger partial charge in [-0.3, -0.25) is 4.79 Å². The van der Waals surface area contributed by atoms with Gasteiger partial charge in [-0.25, -0.2) is 0 Å². The number of rotatable bonds is 5. The Labute approximate surface area is 144 Å². The second-order valence-corrected chi connectivity index (χ2v) is 5.43. The molecule has 6 heteroatoms. The van der Waals surface area contributed by atoms with Crippen molar-refractivity contribution >= 4 is 40.9 Å². The lowest BCUT2D eigenvalue weighted by Crippen LogP contribution is -2.07.